The maximum Gasteiger partial charge on any atom is 0.220 e. The second-order valence-electron chi connectivity index (χ2n) is 21.1. The minimum absolute atomic E-state index is 0.189. The van der Waals surface area contributed by atoms with Crippen molar-refractivity contribution >= 4 is 5.91 Å². The molecule has 0 saturated carbocycles. The van der Waals surface area contributed by atoms with E-state index in [0.717, 1.165) is 57.8 Å². The fourth-order valence-corrected chi connectivity index (χ4v) is 9.46. The first-order valence-corrected chi connectivity index (χ1v) is 30.5. The van der Waals surface area contributed by atoms with Crippen LogP contribution in [-0.2, 0) is 14.3 Å². The van der Waals surface area contributed by atoms with Crippen LogP contribution in [0.5, 0.6) is 0 Å². The minimum atomic E-state index is -1.58. The fourth-order valence-electron chi connectivity index (χ4n) is 9.46. The number of nitrogens with one attached hydrogen (secondary N) is 1. The second kappa shape index (κ2) is 52.3. The summed E-state index contributed by atoms with van der Waals surface area (Å²) in [4.78, 5) is 13.1. The molecular weight excluding hydrogens is 899 g/mol. The smallest absolute Gasteiger partial charge is 0.220 e. The molecular formula is C63H115NO8. The molecule has 0 spiro atoms. The van der Waals surface area contributed by atoms with E-state index in [4.69, 9.17) is 9.47 Å². The molecule has 6 N–H and O–H groups in total. The Kier molecular flexibility index (Phi) is 49.4. The lowest BCUT2D eigenvalue weighted by Gasteiger charge is -2.40. The van der Waals surface area contributed by atoms with Crippen LogP contribution in [0.3, 0.4) is 0 Å². The molecule has 1 heterocycles. The number of aliphatic hydroxyl groups is 5. The normalized spacial score (nSPS) is 19.6. The van der Waals surface area contributed by atoms with Crippen LogP contribution in [0.2, 0.25) is 0 Å². The van der Waals surface area contributed by atoms with Crippen molar-refractivity contribution in [1.82, 2.24) is 5.32 Å². The summed E-state index contributed by atoms with van der Waals surface area (Å²) in [7, 11) is 0. The molecule has 1 aliphatic heterocycles. The van der Waals surface area contributed by atoms with Crippen LogP contribution in [0.1, 0.15) is 277 Å². The zero-order valence-corrected chi connectivity index (χ0v) is 46.7. The van der Waals surface area contributed by atoms with Crippen LogP contribution in [0.25, 0.3) is 0 Å². The zero-order valence-electron chi connectivity index (χ0n) is 46.7. The van der Waals surface area contributed by atoms with E-state index in [0.29, 0.717) is 6.42 Å². The van der Waals surface area contributed by atoms with Crippen molar-refractivity contribution in [2.24, 2.45) is 0 Å². The van der Waals surface area contributed by atoms with Gasteiger partial charge in [0, 0.05) is 6.42 Å². The molecule has 9 heteroatoms. The van der Waals surface area contributed by atoms with Gasteiger partial charge in [0.2, 0.25) is 5.91 Å². The van der Waals surface area contributed by atoms with E-state index >= 15 is 0 Å². The molecule has 1 saturated heterocycles. The summed E-state index contributed by atoms with van der Waals surface area (Å²) >= 11 is 0. The van der Waals surface area contributed by atoms with E-state index in [1.54, 1.807) is 6.08 Å². The van der Waals surface area contributed by atoms with Crippen molar-refractivity contribution in [2.75, 3.05) is 13.2 Å². The van der Waals surface area contributed by atoms with Gasteiger partial charge in [-0.15, -0.1) is 0 Å². The van der Waals surface area contributed by atoms with Crippen LogP contribution in [-0.4, -0.2) is 87.5 Å². The van der Waals surface area contributed by atoms with Crippen LogP contribution < -0.4 is 5.32 Å². The third-order valence-corrected chi connectivity index (χ3v) is 14.3. The molecule has 1 aliphatic rings. The van der Waals surface area contributed by atoms with Gasteiger partial charge in [0.05, 0.1) is 25.4 Å². The molecule has 420 valence electrons. The number of hydrogen-bond acceptors (Lipinski definition) is 8. The number of hydrogen-bond donors (Lipinski definition) is 6. The average Bonchev–Trinajstić information content (AvgIpc) is 3.38. The molecule has 0 aliphatic carbocycles. The van der Waals surface area contributed by atoms with E-state index in [2.05, 4.69) is 67.8 Å². The summed E-state index contributed by atoms with van der Waals surface area (Å²) in [6.45, 7) is 3.76. The van der Waals surface area contributed by atoms with Gasteiger partial charge >= 0.3 is 0 Å². The summed E-state index contributed by atoms with van der Waals surface area (Å²) in [5.74, 6) is -0.189. The standard InChI is InChI=1S/C63H115NO8/c1-3-5-7-9-11-13-15-17-19-21-22-23-24-25-26-27-28-29-30-31-32-33-34-35-36-37-39-41-43-45-47-49-51-53-59(67)64-56(55-71-63-62(70)61(69)60(68)58(54-65)72-63)57(66)52-50-48-46-44-42-40-38-20-18-16-14-12-10-8-6-4-2/h18,20,22-23,25-26,42,44,50,52,56-58,60-63,65-66,68-70H,3-17,19,21,24,27-41,43,45-49,51,53-55H2,1-2H3,(H,64,67)/b20-18+,23-22-,26-25-,44-42+,52-50+. The van der Waals surface area contributed by atoms with Gasteiger partial charge in [-0.3, -0.25) is 4.79 Å². The van der Waals surface area contributed by atoms with Gasteiger partial charge in [0.1, 0.15) is 24.4 Å². The van der Waals surface area contributed by atoms with Crippen LogP contribution >= 0.6 is 0 Å². The van der Waals surface area contributed by atoms with E-state index in [1.165, 1.54) is 199 Å². The zero-order chi connectivity index (χ0) is 52.2. The van der Waals surface area contributed by atoms with Crippen LogP contribution in [0.4, 0.5) is 0 Å². The van der Waals surface area contributed by atoms with Gasteiger partial charge in [-0.25, -0.2) is 0 Å². The predicted octanol–water partition coefficient (Wildman–Crippen LogP) is 15.5. The average molecular weight is 1010 g/mol. The number of rotatable bonds is 52. The highest BCUT2D eigenvalue weighted by molar-refractivity contribution is 5.76. The van der Waals surface area contributed by atoms with Crippen molar-refractivity contribution < 1.29 is 39.8 Å². The van der Waals surface area contributed by atoms with E-state index in [9.17, 15) is 30.3 Å². The Morgan fingerprint density at radius 2 is 0.833 bits per heavy atom. The lowest BCUT2D eigenvalue weighted by atomic mass is 9.99. The predicted molar refractivity (Wildman–Crippen MR) is 304 cm³/mol. The SMILES string of the molecule is CCCCCCCC/C=C/CC/C=C/CC/C=C/C(O)C(COC1OC(CO)C(O)C(O)C1O)NC(=O)CCCCCCCCCCCCCCCCCCC/C=C\C/C=C\CCCCCCCCCCC. The molecule has 0 radical (unpaired) electrons. The number of allylic oxidation sites excluding steroid dienone is 9. The Hall–Kier alpha value is -2.11. The summed E-state index contributed by atoms with van der Waals surface area (Å²) < 4.78 is 11.2. The molecule has 1 rings (SSSR count). The lowest BCUT2D eigenvalue weighted by molar-refractivity contribution is -0.302. The van der Waals surface area contributed by atoms with Crippen molar-refractivity contribution in [2.45, 2.75) is 320 Å². The molecule has 9 nitrogen and oxygen atoms in total. The van der Waals surface area contributed by atoms with Gasteiger partial charge in [-0.2, -0.15) is 0 Å². The molecule has 0 aromatic heterocycles. The Balaban J connectivity index is 2.15. The Labute approximate surface area is 443 Å². The van der Waals surface area contributed by atoms with Crippen molar-refractivity contribution in [3.8, 4) is 0 Å². The third kappa shape index (κ3) is 41.2. The highest BCUT2D eigenvalue weighted by Gasteiger charge is 2.44. The van der Waals surface area contributed by atoms with Crippen LogP contribution in [0.15, 0.2) is 60.8 Å². The van der Waals surface area contributed by atoms with Crippen molar-refractivity contribution in [1.29, 1.82) is 0 Å². The minimum Gasteiger partial charge on any atom is -0.394 e. The fraction of sp³-hybridized carbons (Fsp3) is 0.825. The van der Waals surface area contributed by atoms with E-state index < -0.39 is 49.5 Å². The van der Waals surface area contributed by atoms with Crippen molar-refractivity contribution in [3.63, 3.8) is 0 Å². The Morgan fingerprint density at radius 1 is 0.472 bits per heavy atom. The number of carbonyl (C=O) groups excluding carboxylic acids is 1. The molecule has 7 atom stereocenters. The first-order chi connectivity index (χ1) is 35.3. The first kappa shape index (κ1) is 67.9. The van der Waals surface area contributed by atoms with Crippen molar-refractivity contribution in [3.05, 3.63) is 60.8 Å². The Morgan fingerprint density at radius 3 is 1.25 bits per heavy atom. The maximum absolute atomic E-state index is 13.1. The van der Waals surface area contributed by atoms with Gasteiger partial charge < -0.3 is 40.3 Å². The summed E-state index contributed by atoms with van der Waals surface area (Å²) in [6, 6.07) is -0.829. The van der Waals surface area contributed by atoms with E-state index in [-0.39, 0.29) is 12.5 Å². The number of amides is 1. The second-order valence-corrected chi connectivity index (χ2v) is 21.1. The van der Waals surface area contributed by atoms with E-state index in [1.807, 2.05) is 6.08 Å². The monoisotopic (exact) mass is 1010 g/mol. The molecule has 72 heavy (non-hydrogen) atoms. The summed E-state index contributed by atoms with van der Waals surface area (Å²) in [6.07, 6.45) is 64.5. The van der Waals surface area contributed by atoms with Gasteiger partial charge in [-0.05, 0) is 77.0 Å². The maximum atomic E-state index is 13.1. The molecule has 0 aromatic rings. The van der Waals surface area contributed by atoms with Crippen LogP contribution in [0, 0.1) is 0 Å². The summed E-state index contributed by atoms with van der Waals surface area (Å²) in [5, 5.41) is 54.5. The topological polar surface area (TPSA) is 149 Å². The number of ether oxygens (including phenoxy) is 2. The Bertz CT molecular complexity index is 1310. The number of carbonyl (C=O) groups is 1. The van der Waals surface area contributed by atoms with Gasteiger partial charge in [0.15, 0.2) is 6.29 Å². The molecule has 7 unspecified atom stereocenters. The molecule has 1 fully saturated rings. The summed E-state index contributed by atoms with van der Waals surface area (Å²) in [5.41, 5.74) is 0. The molecule has 1 amide bonds. The number of unbranched alkanes of at least 4 members (excludes halogenated alkanes) is 34. The highest BCUT2D eigenvalue weighted by Crippen LogP contribution is 2.23. The third-order valence-electron chi connectivity index (χ3n) is 14.3. The lowest BCUT2D eigenvalue weighted by Crippen LogP contribution is -2.60. The van der Waals surface area contributed by atoms with Gasteiger partial charge in [0.25, 0.3) is 0 Å². The largest absolute Gasteiger partial charge is 0.394 e. The van der Waals surface area contributed by atoms with Gasteiger partial charge in [-0.1, -0.05) is 254 Å². The highest BCUT2D eigenvalue weighted by atomic mass is 16.7. The first-order valence-electron chi connectivity index (χ1n) is 30.5. The molecule has 0 aromatic carbocycles. The molecule has 0 bridgehead atoms. The number of aliphatic hydroxyl groups excluding tert-OH is 5. The quantitative estimate of drug-likeness (QED) is 0.0261.